The number of fused-ring (bicyclic) bond motifs is 2. The quantitative estimate of drug-likeness (QED) is 0.507. The van der Waals surface area contributed by atoms with Crippen LogP contribution >= 0.6 is 11.6 Å². The van der Waals surface area contributed by atoms with Gasteiger partial charge in [0.2, 0.25) is 0 Å². The summed E-state index contributed by atoms with van der Waals surface area (Å²) in [7, 11) is 0. The number of amides is 1. The molecule has 0 spiro atoms. The van der Waals surface area contributed by atoms with Crippen molar-refractivity contribution in [3.63, 3.8) is 0 Å². The van der Waals surface area contributed by atoms with E-state index >= 15 is 0 Å². The van der Waals surface area contributed by atoms with Crippen molar-refractivity contribution in [1.29, 1.82) is 0 Å². The van der Waals surface area contributed by atoms with Gasteiger partial charge in [-0.25, -0.2) is 9.50 Å². The molecule has 140 valence electrons. The van der Waals surface area contributed by atoms with Crippen molar-refractivity contribution in [3.05, 3.63) is 76.9 Å². The normalized spacial score (nSPS) is 16.4. The SMILES string of the molecule is CC1c2ccc(-c3ccco3)cc2CCN1C(=O)c1cc2ncc(Cl)cn2n1. The number of halogens is 1. The van der Waals surface area contributed by atoms with Gasteiger partial charge in [0.25, 0.3) is 5.91 Å². The van der Waals surface area contributed by atoms with Crippen LogP contribution in [-0.2, 0) is 6.42 Å². The van der Waals surface area contributed by atoms with Crippen LogP contribution in [0.5, 0.6) is 0 Å². The highest BCUT2D eigenvalue weighted by molar-refractivity contribution is 6.30. The summed E-state index contributed by atoms with van der Waals surface area (Å²) in [6, 6.07) is 11.8. The third-order valence-electron chi connectivity index (χ3n) is 5.25. The molecule has 28 heavy (non-hydrogen) atoms. The highest BCUT2D eigenvalue weighted by Gasteiger charge is 2.30. The summed E-state index contributed by atoms with van der Waals surface area (Å²) >= 11 is 5.96. The average molecular weight is 393 g/mol. The standard InChI is InChI=1S/C21H17ClN4O2/c1-13-17-5-4-15(19-3-2-8-28-19)9-14(17)6-7-25(13)21(27)18-10-20-23-11-16(22)12-26(20)24-18/h2-5,8-13H,6-7H2,1H3. The number of hydrogen-bond donors (Lipinski definition) is 0. The number of hydrogen-bond acceptors (Lipinski definition) is 4. The van der Waals surface area contributed by atoms with Crippen LogP contribution in [-0.4, -0.2) is 31.9 Å². The first-order chi connectivity index (χ1) is 13.6. The summed E-state index contributed by atoms with van der Waals surface area (Å²) in [6.45, 7) is 2.68. The summed E-state index contributed by atoms with van der Waals surface area (Å²) < 4.78 is 7.04. The van der Waals surface area contributed by atoms with Crippen LogP contribution in [0.4, 0.5) is 0 Å². The van der Waals surface area contributed by atoms with E-state index in [4.69, 9.17) is 16.0 Å². The molecule has 7 heteroatoms. The molecule has 0 aliphatic carbocycles. The summed E-state index contributed by atoms with van der Waals surface area (Å²) in [6.07, 6.45) is 5.65. The maximum Gasteiger partial charge on any atom is 0.274 e. The predicted octanol–water partition coefficient (Wildman–Crippen LogP) is 4.40. The molecule has 4 aromatic rings. The molecule has 0 radical (unpaired) electrons. The summed E-state index contributed by atoms with van der Waals surface area (Å²) in [5, 5.41) is 4.83. The second-order valence-corrected chi connectivity index (χ2v) is 7.36. The lowest BCUT2D eigenvalue weighted by Gasteiger charge is -2.35. The van der Waals surface area contributed by atoms with E-state index in [1.807, 2.05) is 30.0 Å². The van der Waals surface area contributed by atoms with Crippen LogP contribution < -0.4 is 0 Å². The van der Waals surface area contributed by atoms with Gasteiger partial charge in [0.05, 0.1) is 23.5 Å². The molecular weight excluding hydrogens is 376 g/mol. The lowest BCUT2D eigenvalue weighted by Crippen LogP contribution is -2.39. The van der Waals surface area contributed by atoms with Gasteiger partial charge in [0.15, 0.2) is 11.3 Å². The van der Waals surface area contributed by atoms with Gasteiger partial charge in [-0.2, -0.15) is 5.10 Å². The van der Waals surface area contributed by atoms with E-state index in [-0.39, 0.29) is 11.9 Å². The fraction of sp³-hybridized carbons (Fsp3) is 0.190. The molecule has 3 aromatic heterocycles. The Balaban J connectivity index is 1.45. The van der Waals surface area contributed by atoms with E-state index in [2.05, 4.69) is 22.2 Å². The third-order valence-corrected chi connectivity index (χ3v) is 5.45. The van der Waals surface area contributed by atoms with Crippen LogP contribution in [0.1, 0.15) is 34.6 Å². The summed E-state index contributed by atoms with van der Waals surface area (Å²) in [4.78, 5) is 19.2. The van der Waals surface area contributed by atoms with Gasteiger partial charge in [-0.15, -0.1) is 0 Å². The zero-order valence-corrected chi connectivity index (χ0v) is 15.9. The largest absolute Gasteiger partial charge is 0.464 e. The number of rotatable bonds is 2. The van der Waals surface area contributed by atoms with Crippen molar-refractivity contribution in [2.45, 2.75) is 19.4 Å². The van der Waals surface area contributed by atoms with Gasteiger partial charge in [0, 0.05) is 24.4 Å². The van der Waals surface area contributed by atoms with E-state index in [1.54, 1.807) is 24.7 Å². The number of nitrogens with zero attached hydrogens (tertiary/aromatic N) is 4. The van der Waals surface area contributed by atoms with E-state index in [1.165, 1.54) is 10.1 Å². The lowest BCUT2D eigenvalue weighted by molar-refractivity contribution is 0.0671. The van der Waals surface area contributed by atoms with E-state index in [9.17, 15) is 4.79 Å². The zero-order chi connectivity index (χ0) is 19.3. The Labute approximate surface area is 166 Å². The van der Waals surface area contributed by atoms with E-state index < -0.39 is 0 Å². The van der Waals surface area contributed by atoms with Gasteiger partial charge in [-0.1, -0.05) is 23.7 Å². The molecule has 0 saturated heterocycles. The smallest absolute Gasteiger partial charge is 0.274 e. The molecule has 1 aliphatic heterocycles. The third kappa shape index (κ3) is 2.77. The molecule has 0 saturated carbocycles. The van der Waals surface area contributed by atoms with Crippen molar-refractivity contribution in [2.24, 2.45) is 0 Å². The van der Waals surface area contributed by atoms with Gasteiger partial charge in [0.1, 0.15) is 5.76 Å². The molecule has 0 bridgehead atoms. The molecule has 0 N–H and O–H groups in total. The van der Waals surface area contributed by atoms with Crippen molar-refractivity contribution >= 4 is 23.2 Å². The fourth-order valence-corrected chi connectivity index (χ4v) is 3.95. The van der Waals surface area contributed by atoms with Crippen LogP contribution in [0, 0.1) is 0 Å². The Kier molecular flexibility index (Phi) is 3.94. The monoisotopic (exact) mass is 392 g/mol. The maximum atomic E-state index is 13.1. The molecule has 5 rings (SSSR count). The summed E-state index contributed by atoms with van der Waals surface area (Å²) in [5.74, 6) is 0.750. The molecule has 1 unspecified atom stereocenters. The summed E-state index contributed by atoms with van der Waals surface area (Å²) in [5.41, 5.74) is 4.42. The van der Waals surface area contributed by atoms with Crippen molar-refractivity contribution < 1.29 is 9.21 Å². The minimum Gasteiger partial charge on any atom is -0.464 e. The van der Waals surface area contributed by atoms with Crippen molar-refractivity contribution in [3.8, 4) is 11.3 Å². The predicted molar refractivity (Wildman–Crippen MR) is 105 cm³/mol. The minimum absolute atomic E-state index is 0.0386. The minimum atomic E-state index is -0.102. The van der Waals surface area contributed by atoms with Crippen LogP contribution in [0.3, 0.4) is 0 Å². The molecule has 1 aliphatic rings. The Morgan fingerprint density at radius 3 is 3.00 bits per heavy atom. The van der Waals surface area contributed by atoms with Crippen LogP contribution in [0.2, 0.25) is 5.02 Å². The highest BCUT2D eigenvalue weighted by atomic mass is 35.5. The molecule has 1 amide bonds. The van der Waals surface area contributed by atoms with Gasteiger partial charge >= 0.3 is 0 Å². The fourth-order valence-electron chi connectivity index (χ4n) is 3.81. The first-order valence-electron chi connectivity index (χ1n) is 9.09. The Hall–Kier alpha value is -3.12. The van der Waals surface area contributed by atoms with Crippen molar-refractivity contribution in [2.75, 3.05) is 6.54 Å². The molecule has 1 atom stereocenters. The number of carbonyl (C=O) groups is 1. The Bertz CT molecular complexity index is 1180. The van der Waals surface area contributed by atoms with E-state index in [0.29, 0.717) is 22.9 Å². The van der Waals surface area contributed by atoms with Crippen LogP contribution in [0.25, 0.3) is 17.0 Å². The second kappa shape index (κ2) is 6.49. The molecule has 4 heterocycles. The molecule has 6 nitrogen and oxygen atoms in total. The Morgan fingerprint density at radius 1 is 1.29 bits per heavy atom. The second-order valence-electron chi connectivity index (χ2n) is 6.92. The van der Waals surface area contributed by atoms with E-state index in [0.717, 1.165) is 23.3 Å². The van der Waals surface area contributed by atoms with Crippen LogP contribution in [0.15, 0.2) is 59.5 Å². The number of aromatic nitrogens is 3. The number of benzene rings is 1. The van der Waals surface area contributed by atoms with Gasteiger partial charge in [-0.05, 0) is 42.7 Å². The van der Waals surface area contributed by atoms with Crippen molar-refractivity contribution in [1.82, 2.24) is 19.5 Å². The molecule has 1 aromatic carbocycles. The van der Waals surface area contributed by atoms with Gasteiger partial charge in [-0.3, -0.25) is 4.79 Å². The first kappa shape index (κ1) is 17.0. The number of carbonyl (C=O) groups excluding carboxylic acids is 1. The Morgan fingerprint density at radius 2 is 2.18 bits per heavy atom. The molecular formula is C21H17ClN4O2. The zero-order valence-electron chi connectivity index (χ0n) is 15.2. The average Bonchev–Trinajstić information content (AvgIpc) is 3.37. The lowest BCUT2D eigenvalue weighted by atomic mass is 9.91. The maximum absolute atomic E-state index is 13.1. The van der Waals surface area contributed by atoms with Gasteiger partial charge < -0.3 is 9.32 Å². The number of furan rings is 1. The highest BCUT2D eigenvalue weighted by Crippen LogP contribution is 2.33. The topological polar surface area (TPSA) is 63.6 Å². The molecule has 0 fully saturated rings. The first-order valence-corrected chi connectivity index (χ1v) is 9.46.